The summed E-state index contributed by atoms with van der Waals surface area (Å²) in [7, 11) is 0. The Morgan fingerprint density at radius 3 is 2.38 bits per heavy atom. The summed E-state index contributed by atoms with van der Waals surface area (Å²) in [6, 6.07) is 7.99. The largest absolute Gasteiger partial charge is 0.402 e. The first-order valence-corrected chi connectivity index (χ1v) is 8.68. The van der Waals surface area contributed by atoms with Crippen LogP contribution in [0.4, 0.5) is 0 Å². The average Bonchev–Trinajstić information content (AvgIpc) is 3.12. The lowest BCUT2D eigenvalue weighted by Crippen LogP contribution is -2.11. The van der Waals surface area contributed by atoms with Crippen molar-refractivity contribution in [2.45, 2.75) is 40.0 Å². The van der Waals surface area contributed by atoms with Gasteiger partial charge in [0.1, 0.15) is 0 Å². The molecule has 1 aromatic carbocycles. The van der Waals surface area contributed by atoms with Gasteiger partial charge in [0.2, 0.25) is 5.90 Å². The second-order valence-electron chi connectivity index (χ2n) is 6.87. The van der Waals surface area contributed by atoms with E-state index in [4.69, 9.17) is 4.74 Å². The van der Waals surface area contributed by atoms with Gasteiger partial charge in [-0.15, -0.1) is 11.3 Å². The molecule has 0 unspecified atom stereocenters. The Kier molecular flexibility index (Phi) is 4.13. The molecule has 24 heavy (non-hydrogen) atoms. The van der Waals surface area contributed by atoms with E-state index in [1.807, 2.05) is 38.1 Å². The lowest BCUT2D eigenvalue weighted by Gasteiger charge is -2.18. The van der Waals surface area contributed by atoms with Gasteiger partial charge in [-0.2, -0.15) is 0 Å². The number of carbonyl (C=O) groups is 1. The normalized spacial score (nSPS) is 16.9. The minimum Gasteiger partial charge on any atom is -0.402 e. The van der Waals surface area contributed by atoms with Crippen LogP contribution in [0.2, 0.25) is 0 Å². The molecular weight excluding hydrogens is 320 g/mol. The summed E-state index contributed by atoms with van der Waals surface area (Å²) in [4.78, 5) is 21.8. The van der Waals surface area contributed by atoms with Gasteiger partial charge in [-0.25, -0.2) is 14.8 Å². The van der Waals surface area contributed by atoms with Crippen LogP contribution in [0.5, 0.6) is 0 Å². The SMILES string of the molecule is C/C(=C1\N=C(c2ccc(C(C)(C)C)cc2)OC1=O)c1scnc1C. The monoisotopic (exact) mass is 340 g/mol. The first kappa shape index (κ1) is 16.6. The molecule has 1 aliphatic rings. The first-order chi connectivity index (χ1) is 11.3. The summed E-state index contributed by atoms with van der Waals surface area (Å²) in [5.74, 6) is -0.0489. The van der Waals surface area contributed by atoms with Gasteiger partial charge in [0.05, 0.1) is 16.1 Å². The van der Waals surface area contributed by atoms with Crippen molar-refractivity contribution in [3.8, 4) is 0 Å². The second kappa shape index (κ2) is 5.98. The minimum absolute atomic E-state index is 0.0814. The van der Waals surface area contributed by atoms with Gasteiger partial charge in [0.15, 0.2) is 5.70 Å². The van der Waals surface area contributed by atoms with Crippen molar-refractivity contribution in [1.29, 1.82) is 0 Å². The molecule has 0 fully saturated rings. The summed E-state index contributed by atoms with van der Waals surface area (Å²) < 4.78 is 5.38. The number of aliphatic imine (C=N–C) groups is 1. The number of nitrogens with zero attached hydrogens (tertiary/aromatic N) is 2. The molecule has 0 amide bonds. The third-order valence-electron chi connectivity index (χ3n) is 4.04. The van der Waals surface area contributed by atoms with E-state index < -0.39 is 5.97 Å². The fourth-order valence-electron chi connectivity index (χ4n) is 2.55. The molecule has 5 heteroatoms. The molecule has 0 N–H and O–H groups in total. The topological polar surface area (TPSA) is 51.5 Å². The predicted octanol–water partition coefficient (Wildman–Crippen LogP) is 4.48. The van der Waals surface area contributed by atoms with E-state index in [-0.39, 0.29) is 5.41 Å². The molecule has 0 spiro atoms. The minimum atomic E-state index is -0.407. The molecule has 0 bridgehead atoms. The fourth-order valence-corrected chi connectivity index (χ4v) is 3.36. The van der Waals surface area contributed by atoms with Gasteiger partial charge in [-0.3, -0.25) is 0 Å². The third-order valence-corrected chi connectivity index (χ3v) is 5.08. The number of thiazole rings is 1. The van der Waals surface area contributed by atoms with Gasteiger partial charge < -0.3 is 4.74 Å². The van der Waals surface area contributed by atoms with Crippen molar-refractivity contribution in [3.63, 3.8) is 0 Å². The number of cyclic esters (lactones) is 1. The first-order valence-electron chi connectivity index (χ1n) is 7.80. The number of benzene rings is 1. The van der Waals surface area contributed by atoms with Crippen LogP contribution < -0.4 is 0 Å². The number of aromatic nitrogens is 1. The summed E-state index contributed by atoms with van der Waals surface area (Å²) in [5, 5.41) is 0. The molecule has 0 radical (unpaired) electrons. The number of allylic oxidation sites excluding steroid dienone is 1. The van der Waals surface area contributed by atoms with Crippen LogP contribution in [0.1, 0.15) is 49.4 Å². The summed E-state index contributed by atoms with van der Waals surface area (Å²) in [6.45, 7) is 10.3. The molecule has 0 atom stereocenters. The maximum Gasteiger partial charge on any atom is 0.364 e. The zero-order valence-electron chi connectivity index (χ0n) is 14.5. The van der Waals surface area contributed by atoms with E-state index in [0.29, 0.717) is 11.6 Å². The fraction of sp³-hybridized carbons (Fsp3) is 0.316. The van der Waals surface area contributed by atoms with Gasteiger partial charge in [0, 0.05) is 11.1 Å². The average molecular weight is 340 g/mol. The molecule has 3 rings (SSSR count). The van der Waals surface area contributed by atoms with Crippen molar-refractivity contribution in [2.24, 2.45) is 4.99 Å². The third kappa shape index (κ3) is 3.04. The number of esters is 1. The molecular formula is C19H20N2O2S. The molecule has 2 heterocycles. The summed E-state index contributed by atoms with van der Waals surface area (Å²) >= 11 is 1.50. The van der Waals surface area contributed by atoms with Gasteiger partial charge in [-0.05, 0) is 37.0 Å². The molecule has 1 aromatic heterocycles. The maximum absolute atomic E-state index is 12.2. The highest BCUT2D eigenvalue weighted by Gasteiger charge is 2.27. The lowest BCUT2D eigenvalue weighted by atomic mass is 9.87. The molecule has 1 aliphatic heterocycles. The lowest BCUT2D eigenvalue weighted by molar-refractivity contribution is -0.129. The van der Waals surface area contributed by atoms with Crippen molar-refractivity contribution in [2.75, 3.05) is 0 Å². The van der Waals surface area contributed by atoms with Gasteiger partial charge >= 0.3 is 5.97 Å². The Hall–Kier alpha value is -2.27. The van der Waals surface area contributed by atoms with Crippen LogP contribution in [-0.2, 0) is 14.9 Å². The number of rotatable bonds is 2. The highest BCUT2D eigenvalue weighted by atomic mass is 32.1. The molecule has 0 saturated carbocycles. The van der Waals surface area contributed by atoms with E-state index in [1.54, 1.807) is 5.51 Å². The van der Waals surface area contributed by atoms with E-state index in [2.05, 4.69) is 30.7 Å². The van der Waals surface area contributed by atoms with Crippen LogP contribution in [0.25, 0.3) is 5.57 Å². The van der Waals surface area contributed by atoms with Crippen LogP contribution in [-0.4, -0.2) is 16.9 Å². The molecule has 4 nitrogen and oxygen atoms in total. The number of hydrogen-bond acceptors (Lipinski definition) is 5. The summed E-state index contributed by atoms with van der Waals surface area (Å²) in [6.07, 6.45) is 0. The maximum atomic E-state index is 12.2. The summed E-state index contributed by atoms with van der Waals surface area (Å²) in [5.41, 5.74) is 5.95. The Bertz CT molecular complexity index is 852. The molecule has 124 valence electrons. The van der Waals surface area contributed by atoms with E-state index >= 15 is 0 Å². The number of carbonyl (C=O) groups excluding carboxylic acids is 1. The smallest absolute Gasteiger partial charge is 0.364 e. The quantitative estimate of drug-likeness (QED) is 0.598. The standard InChI is InChI=1S/C19H20N2O2S/c1-11(16-12(2)20-10-24-16)15-18(22)23-17(21-15)13-6-8-14(9-7-13)19(3,4)5/h6-10H,1-5H3/b15-11+. The Balaban J connectivity index is 1.96. The van der Waals surface area contributed by atoms with Gasteiger partial charge in [0.25, 0.3) is 0 Å². The number of hydrogen-bond donors (Lipinski definition) is 0. The number of ether oxygens (including phenoxy) is 1. The number of aryl methyl sites for hydroxylation is 1. The van der Waals surface area contributed by atoms with Crippen molar-refractivity contribution in [1.82, 2.24) is 4.98 Å². The van der Waals surface area contributed by atoms with Crippen LogP contribution >= 0.6 is 11.3 Å². The Morgan fingerprint density at radius 1 is 1.17 bits per heavy atom. The van der Waals surface area contributed by atoms with Crippen molar-refractivity contribution >= 4 is 28.8 Å². The predicted molar refractivity (Wildman–Crippen MR) is 97.2 cm³/mol. The Morgan fingerprint density at radius 2 is 1.83 bits per heavy atom. The zero-order chi connectivity index (χ0) is 17.5. The Labute approximate surface area is 145 Å². The zero-order valence-corrected chi connectivity index (χ0v) is 15.3. The van der Waals surface area contributed by atoms with Crippen LogP contribution in [0.3, 0.4) is 0 Å². The second-order valence-corrected chi connectivity index (χ2v) is 7.73. The van der Waals surface area contributed by atoms with E-state index in [0.717, 1.165) is 21.7 Å². The molecule has 0 aliphatic carbocycles. The highest BCUT2D eigenvalue weighted by molar-refractivity contribution is 7.11. The van der Waals surface area contributed by atoms with E-state index in [1.165, 1.54) is 16.9 Å². The van der Waals surface area contributed by atoms with E-state index in [9.17, 15) is 4.79 Å². The highest BCUT2D eigenvalue weighted by Crippen LogP contribution is 2.30. The van der Waals surface area contributed by atoms with Crippen LogP contribution in [0.15, 0.2) is 40.5 Å². The van der Waals surface area contributed by atoms with Crippen LogP contribution in [0, 0.1) is 6.92 Å². The molecule has 0 saturated heterocycles. The van der Waals surface area contributed by atoms with Crippen molar-refractivity contribution < 1.29 is 9.53 Å². The molecule has 2 aromatic rings. The van der Waals surface area contributed by atoms with Gasteiger partial charge in [-0.1, -0.05) is 32.9 Å². The van der Waals surface area contributed by atoms with Crippen molar-refractivity contribution in [3.05, 3.63) is 57.2 Å².